The Morgan fingerprint density at radius 3 is 2.67 bits per heavy atom. The van der Waals surface area contributed by atoms with Gasteiger partial charge in [-0.15, -0.1) is 11.8 Å². The van der Waals surface area contributed by atoms with E-state index in [1.54, 1.807) is 6.92 Å². The van der Waals surface area contributed by atoms with Gasteiger partial charge in [0.2, 0.25) is 0 Å². The lowest BCUT2D eigenvalue weighted by atomic mass is 9.90. The Bertz CT molecular complexity index is 658. The Hall–Kier alpha value is -1.52. The van der Waals surface area contributed by atoms with Gasteiger partial charge < -0.3 is 10.1 Å². The molecule has 0 saturated heterocycles. The number of halogens is 1. The van der Waals surface area contributed by atoms with Gasteiger partial charge in [0, 0.05) is 9.37 Å². The summed E-state index contributed by atoms with van der Waals surface area (Å²) in [6.45, 7) is 6.90. The minimum atomic E-state index is -0.979. The highest BCUT2D eigenvalue weighted by Gasteiger charge is 2.30. The zero-order valence-corrected chi connectivity index (χ0v) is 16.6. The van der Waals surface area contributed by atoms with Crippen molar-refractivity contribution in [3.8, 4) is 6.07 Å². The fraction of sp³-hybridized carbons (Fsp3) is 0.471. The summed E-state index contributed by atoms with van der Waals surface area (Å²) in [7, 11) is 0. The summed E-state index contributed by atoms with van der Waals surface area (Å²) in [5, 5.41) is 11.8. The fourth-order valence-corrected chi connectivity index (χ4v) is 3.01. The summed E-state index contributed by atoms with van der Waals surface area (Å²) in [5.74, 6) is -0.889. The third-order valence-electron chi connectivity index (χ3n) is 3.63. The van der Waals surface area contributed by atoms with E-state index >= 15 is 0 Å². The van der Waals surface area contributed by atoms with Crippen molar-refractivity contribution in [2.24, 2.45) is 5.92 Å². The molecule has 0 heterocycles. The minimum absolute atomic E-state index is 0.0573. The van der Waals surface area contributed by atoms with Crippen LogP contribution in [-0.4, -0.2) is 29.8 Å². The number of carbonyl (C=O) groups is 2. The number of rotatable bonds is 7. The van der Waals surface area contributed by atoms with Crippen LogP contribution in [0.1, 0.15) is 26.3 Å². The molecule has 24 heavy (non-hydrogen) atoms. The molecule has 0 aliphatic heterocycles. The standard InChI is InChI=1S/C17H21BrN2O3S/c1-11(2)17(4,10-19)20-15(21)8-23-16(22)9-24-14-6-5-13(18)7-12(14)3/h5-7,11H,8-9H2,1-4H3,(H,20,21)/t17-/m0/s1. The van der Waals surface area contributed by atoms with E-state index < -0.39 is 17.4 Å². The van der Waals surface area contributed by atoms with Gasteiger partial charge in [-0.25, -0.2) is 0 Å². The highest BCUT2D eigenvalue weighted by molar-refractivity contribution is 9.10. The molecule has 0 aliphatic carbocycles. The monoisotopic (exact) mass is 412 g/mol. The number of thioether (sulfide) groups is 1. The molecule has 130 valence electrons. The summed E-state index contributed by atoms with van der Waals surface area (Å²) in [6.07, 6.45) is 0. The van der Waals surface area contributed by atoms with E-state index in [0.717, 1.165) is 14.9 Å². The van der Waals surface area contributed by atoms with E-state index in [1.807, 2.05) is 39.0 Å². The summed E-state index contributed by atoms with van der Waals surface area (Å²) in [6, 6.07) is 7.87. The van der Waals surface area contributed by atoms with Crippen molar-refractivity contribution < 1.29 is 14.3 Å². The Morgan fingerprint density at radius 1 is 1.46 bits per heavy atom. The molecule has 1 aromatic rings. The first kappa shape index (κ1) is 20.5. The summed E-state index contributed by atoms with van der Waals surface area (Å²) in [4.78, 5) is 24.6. The molecule has 1 aromatic carbocycles. The van der Waals surface area contributed by atoms with Crippen molar-refractivity contribution in [3.05, 3.63) is 28.2 Å². The van der Waals surface area contributed by atoms with Gasteiger partial charge >= 0.3 is 5.97 Å². The second-order valence-electron chi connectivity index (χ2n) is 5.88. The number of carbonyl (C=O) groups excluding carboxylic acids is 2. The first-order chi connectivity index (χ1) is 11.2. The van der Waals surface area contributed by atoms with Crippen molar-refractivity contribution in [1.29, 1.82) is 5.26 Å². The third-order valence-corrected chi connectivity index (χ3v) is 5.28. The topological polar surface area (TPSA) is 79.2 Å². The van der Waals surface area contributed by atoms with Crippen molar-refractivity contribution in [2.45, 2.75) is 38.1 Å². The largest absolute Gasteiger partial charge is 0.455 e. The summed E-state index contributed by atoms with van der Waals surface area (Å²) < 4.78 is 5.95. The lowest BCUT2D eigenvalue weighted by molar-refractivity contribution is -0.146. The lowest BCUT2D eigenvalue weighted by Crippen LogP contribution is -2.50. The van der Waals surface area contributed by atoms with E-state index in [1.165, 1.54) is 11.8 Å². The van der Waals surface area contributed by atoms with Gasteiger partial charge in [-0.1, -0.05) is 29.8 Å². The van der Waals surface area contributed by atoms with Crippen LogP contribution in [0.3, 0.4) is 0 Å². The van der Waals surface area contributed by atoms with E-state index in [9.17, 15) is 9.59 Å². The number of nitrogens with one attached hydrogen (secondary N) is 1. The lowest BCUT2D eigenvalue weighted by Gasteiger charge is -2.27. The number of nitrogens with zero attached hydrogens (tertiary/aromatic N) is 1. The van der Waals surface area contributed by atoms with Crippen LogP contribution in [0.15, 0.2) is 27.6 Å². The third kappa shape index (κ3) is 6.17. The molecule has 1 rings (SSSR count). The number of hydrogen-bond donors (Lipinski definition) is 1. The van der Waals surface area contributed by atoms with Crippen LogP contribution in [0.4, 0.5) is 0 Å². The Balaban J connectivity index is 2.44. The minimum Gasteiger partial charge on any atom is -0.455 e. The Kier molecular flexibility index (Phi) is 7.77. The number of esters is 1. The molecule has 1 amide bonds. The van der Waals surface area contributed by atoms with Gasteiger partial charge in [0.15, 0.2) is 6.61 Å². The Morgan fingerprint density at radius 2 is 2.12 bits per heavy atom. The highest BCUT2D eigenvalue weighted by Crippen LogP contribution is 2.25. The number of amides is 1. The van der Waals surface area contributed by atoms with Crippen LogP contribution in [0.25, 0.3) is 0 Å². The molecule has 0 spiro atoms. The molecule has 1 atom stereocenters. The molecule has 7 heteroatoms. The molecule has 1 N–H and O–H groups in total. The highest BCUT2D eigenvalue weighted by atomic mass is 79.9. The molecule has 0 fully saturated rings. The number of hydrogen-bond acceptors (Lipinski definition) is 5. The predicted molar refractivity (Wildman–Crippen MR) is 97.6 cm³/mol. The molecular formula is C17H21BrN2O3S. The molecule has 0 radical (unpaired) electrons. The van der Waals surface area contributed by atoms with Crippen molar-refractivity contribution in [3.63, 3.8) is 0 Å². The number of aryl methyl sites for hydroxylation is 1. The van der Waals surface area contributed by atoms with E-state index in [2.05, 4.69) is 27.3 Å². The molecule has 0 bridgehead atoms. The Labute approximate surface area is 155 Å². The van der Waals surface area contributed by atoms with Crippen molar-refractivity contribution in [2.75, 3.05) is 12.4 Å². The van der Waals surface area contributed by atoms with Crippen molar-refractivity contribution in [1.82, 2.24) is 5.32 Å². The molecular weight excluding hydrogens is 392 g/mol. The van der Waals surface area contributed by atoms with E-state index in [4.69, 9.17) is 10.00 Å². The van der Waals surface area contributed by atoms with Gasteiger partial charge in [-0.3, -0.25) is 9.59 Å². The fourth-order valence-electron chi connectivity index (χ4n) is 1.73. The first-order valence-corrected chi connectivity index (χ1v) is 9.22. The van der Waals surface area contributed by atoms with Crippen LogP contribution in [0, 0.1) is 24.2 Å². The van der Waals surface area contributed by atoms with Crippen LogP contribution < -0.4 is 5.32 Å². The van der Waals surface area contributed by atoms with Gasteiger partial charge in [0.05, 0.1) is 11.8 Å². The average molecular weight is 413 g/mol. The second-order valence-corrected chi connectivity index (χ2v) is 7.81. The van der Waals surface area contributed by atoms with Crippen LogP contribution in [0.5, 0.6) is 0 Å². The van der Waals surface area contributed by atoms with E-state index in [0.29, 0.717) is 0 Å². The molecule has 0 unspecified atom stereocenters. The first-order valence-electron chi connectivity index (χ1n) is 7.44. The maximum Gasteiger partial charge on any atom is 0.316 e. The number of benzene rings is 1. The normalized spacial score (nSPS) is 13.0. The van der Waals surface area contributed by atoms with Gasteiger partial charge in [0.1, 0.15) is 5.54 Å². The molecule has 0 saturated carbocycles. The number of nitriles is 1. The van der Waals surface area contributed by atoms with Crippen LogP contribution in [-0.2, 0) is 14.3 Å². The predicted octanol–water partition coefficient (Wildman–Crippen LogP) is 3.45. The van der Waals surface area contributed by atoms with Gasteiger partial charge in [-0.05, 0) is 43.5 Å². The van der Waals surface area contributed by atoms with Gasteiger partial charge in [-0.2, -0.15) is 5.26 Å². The van der Waals surface area contributed by atoms with Gasteiger partial charge in [0.25, 0.3) is 5.91 Å². The van der Waals surface area contributed by atoms with E-state index in [-0.39, 0.29) is 18.3 Å². The summed E-state index contributed by atoms with van der Waals surface area (Å²) >= 11 is 4.75. The summed E-state index contributed by atoms with van der Waals surface area (Å²) in [5.41, 5.74) is 0.0777. The number of ether oxygens (including phenoxy) is 1. The van der Waals surface area contributed by atoms with Crippen LogP contribution >= 0.6 is 27.7 Å². The average Bonchev–Trinajstić information content (AvgIpc) is 2.51. The molecule has 0 aliphatic rings. The zero-order valence-electron chi connectivity index (χ0n) is 14.2. The molecule has 0 aromatic heterocycles. The zero-order chi connectivity index (χ0) is 18.3. The second kappa shape index (κ2) is 9.09. The quantitative estimate of drug-likeness (QED) is 0.547. The van der Waals surface area contributed by atoms with Crippen molar-refractivity contribution >= 4 is 39.6 Å². The SMILES string of the molecule is Cc1cc(Br)ccc1SCC(=O)OCC(=O)N[C@@](C)(C#N)C(C)C. The molecule has 5 nitrogen and oxygen atoms in total. The maximum absolute atomic E-state index is 11.8. The smallest absolute Gasteiger partial charge is 0.316 e. The van der Waals surface area contributed by atoms with Crippen LogP contribution in [0.2, 0.25) is 0 Å². The maximum atomic E-state index is 11.8.